The van der Waals surface area contributed by atoms with Gasteiger partial charge in [-0.05, 0) is 29.8 Å². The van der Waals surface area contributed by atoms with Crippen molar-refractivity contribution in [3.05, 3.63) is 65.2 Å². The molecule has 9 nitrogen and oxygen atoms in total. The maximum absolute atomic E-state index is 12.9. The van der Waals surface area contributed by atoms with E-state index in [-0.39, 0.29) is 30.8 Å². The number of nitrogens with zero attached hydrogens (tertiary/aromatic N) is 3. The lowest BCUT2D eigenvalue weighted by molar-refractivity contribution is -0.0224. The van der Waals surface area contributed by atoms with Gasteiger partial charge in [0.25, 0.3) is 11.8 Å². The predicted octanol–water partition coefficient (Wildman–Crippen LogP) is 2.54. The summed E-state index contributed by atoms with van der Waals surface area (Å²) in [5, 5.41) is 0. The van der Waals surface area contributed by atoms with Gasteiger partial charge in [-0.3, -0.25) is 19.3 Å². The molecule has 2 aromatic rings. The van der Waals surface area contributed by atoms with Gasteiger partial charge in [-0.2, -0.15) is 0 Å². The van der Waals surface area contributed by atoms with Crippen LogP contribution in [0.5, 0.6) is 0 Å². The summed E-state index contributed by atoms with van der Waals surface area (Å²) in [6.07, 6.45) is 0. The molecule has 170 valence electrons. The van der Waals surface area contributed by atoms with E-state index in [0.717, 1.165) is 5.56 Å². The molecule has 1 aliphatic heterocycles. The van der Waals surface area contributed by atoms with Gasteiger partial charge >= 0.3 is 0 Å². The van der Waals surface area contributed by atoms with Gasteiger partial charge in [0.2, 0.25) is 0 Å². The Labute approximate surface area is 189 Å². The molecular formula is C20H27ClN4O5S. The molecule has 0 saturated carbocycles. The number of amides is 2. The normalized spacial score (nSPS) is 14.3. The highest BCUT2D eigenvalue weighted by Gasteiger charge is 2.34. The maximum Gasteiger partial charge on any atom is 0.261 e. The molecule has 31 heavy (non-hydrogen) atoms. The van der Waals surface area contributed by atoms with Gasteiger partial charge in [0.15, 0.2) is 9.92 Å². The molecule has 0 aliphatic carbocycles. The average molecular weight is 471 g/mol. The van der Waals surface area contributed by atoms with Crippen molar-refractivity contribution in [3.63, 3.8) is 0 Å². The lowest BCUT2D eigenvalue weighted by Crippen LogP contribution is -2.29. The Morgan fingerprint density at radius 1 is 1.03 bits per heavy atom. The first-order valence-electron chi connectivity index (χ1n) is 9.01. The Balaban J connectivity index is 0.000000885. The summed E-state index contributed by atoms with van der Waals surface area (Å²) in [7, 11) is 4.85. The van der Waals surface area contributed by atoms with Crippen molar-refractivity contribution in [2.45, 2.75) is 11.4 Å². The molecule has 0 radical (unpaired) electrons. The van der Waals surface area contributed by atoms with Crippen LogP contribution in [0, 0.1) is 0 Å². The molecule has 0 bridgehead atoms. The van der Waals surface area contributed by atoms with Crippen LogP contribution in [0.3, 0.4) is 0 Å². The molecule has 3 rings (SSSR count). The molecule has 0 spiro atoms. The number of carbonyl (C=O) groups excluding carboxylic acids is 2. The van der Waals surface area contributed by atoms with E-state index in [2.05, 4.69) is 14.7 Å². The van der Waals surface area contributed by atoms with Gasteiger partial charge in [-0.25, -0.2) is 14.1 Å². The number of imide groups is 1. The van der Waals surface area contributed by atoms with E-state index in [1.165, 1.54) is 23.5 Å². The maximum atomic E-state index is 12.9. The average Bonchev–Trinajstić information content (AvgIpc) is 3.03. The van der Waals surface area contributed by atoms with Crippen LogP contribution in [-0.2, 0) is 26.1 Å². The van der Waals surface area contributed by atoms with Crippen molar-refractivity contribution in [1.82, 2.24) is 14.8 Å². The fourth-order valence-corrected chi connectivity index (χ4v) is 4.24. The number of hydrogen-bond donors (Lipinski definition) is 1. The molecule has 2 amide bonds. The smallest absolute Gasteiger partial charge is 0.261 e. The Morgan fingerprint density at radius 2 is 1.52 bits per heavy atom. The fraction of sp³-hybridized carbons (Fsp3) is 0.300. The molecule has 1 heterocycles. The number of fused-ring (bicyclic) bond motifs is 1. The minimum Gasteiger partial charge on any atom is -0.305 e. The minimum atomic E-state index is -2.86. The zero-order valence-electron chi connectivity index (χ0n) is 18.0. The summed E-state index contributed by atoms with van der Waals surface area (Å²) in [4.78, 5) is 35.9. The first kappa shape index (κ1) is 26.7. The highest BCUT2D eigenvalue weighted by atomic mass is 35.5. The largest absolute Gasteiger partial charge is 0.305 e. The fourth-order valence-electron chi connectivity index (χ4n) is 2.81. The Morgan fingerprint density at radius 3 is 1.90 bits per heavy atom. The zero-order valence-corrected chi connectivity index (χ0v) is 19.7. The van der Waals surface area contributed by atoms with Gasteiger partial charge in [-0.15, -0.1) is 12.4 Å². The van der Waals surface area contributed by atoms with Crippen molar-refractivity contribution >= 4 is 34.1 Å². The van der Waals surface area contributed by atoms with Crippen LogP contribution in [0.2, 0.25) is 0 Å². The van der Waals surface area contributed by atoms with E-state index in [1.54, 1.807) is 69.7 Å². The second-order valence-corrected chi connectivity index (χ2v) is 8.44. The molecule has 1 atom stereocenters. The van der Waals surface area contributed by atoms with Crippen LogP contribution in [0.25, 0.3) is 0 Å². The van der Waals surface area contributed by atoms with Crippen molar-refractivity contribution in [2.24, 2.45) is 4.36 Å². The first-order valence-corrected chi connectivity index (χ1v) is 10.5. The molecule has 2 aromatic carbocycles. The number of hydroxylamine groups is 2. The van der Waals surface area contributed by atoms with E-state index in [4.69, 9.17) is 4.84 Å². The molecule has 1 unspecified atom stereocenters. The minimum absolute atomic E-state index is 0. The Kier molecular flexibility index (Phi) is 10.2. The third-order valence-corrected chi connectivity index (χ3v) is 6.73. The highest BCUT2D eigenvalue weighted by molar-refractivity contribution is 7.91. The van der Waals surface area contributed by atoms with Crippen molar-refractivity contribution in [1.29, 1.82) is 0 Å². The number of hydrogen-bond acceptors (Lipinski definition) is 7. The van der Waals surface area contributed by atoms with Crippen LogP contribution in [0.15, 0.2) is 57.8 Å². The monoisotopic (exact) mass is 470 g/mol. The predicted molar refractivity (Wildman–Crippen MR) is 120 cm³/mol. The standard InChI is InChI=1S/C18H19N3O4S.C2H7NO.ClH/c1-19-26(24,20(2)25-3)14-10-8-13(9-11-14)12-21-17(22)15-6-4-5-7-16(15)18(21)23;1-3-4-2;/h4-11H,12H2,1-3H3;3H,1-2H3;1H. The number of nitrogens with one attached hydrogen (secondary N) is 1. The highest BCUT2D eigenvalue weighted by Crippen LogP contribution is 2.25. The summed E-state index contributed by atoms with van der Waals surface area (Å²) in [6.45, 7) is 0.150. The topological polar surface area (TPSA) is 101 Å². The second-order valence-electron chi connectivity index (χ2n) is 6.10. The van der Waals surface area contributed by atoms with E-state index < -0.39 is 9.92 Å². The van der Waals surface area contributed by atoms with E-state index in [0.29, 0.717) is 16.0 Å². The molecule has 11 heteroatoms. The summed E-state index contributed by atoms with van der Waals surface area (Å²) in [5.41, 5.74) is 4.02. The van der Waals surface area contributed by atoms with Crippen molar-refractivity contribution < 1.29 is 23.5 Å². The Hall–Kier alpha value is -2.34. The van der Waals surface area contributed by atoms with Crippen molar-refractivity contribution in [2.75, 3.05) is 35.4 Å². The number of benzene rings is 2. The summed E-state index contributed by atoms with van der Waals surface area (Å²) in [6, 6.07) is 13.6. The van der Waals surface area contributed by atoms with E-state index in [9.17, 15) is 13.8 Å². The van der Waals surface area contributed by atoms with Gasteiger partial charge in [0.1, 0.15) is 0 Å². The van der Waals surface area contributed by atoms with Crippen molar-refractivity contribution in [3.8, 4) is 0 Å². The second kappa shape index (κ2) is 11.9. The van der Waals surface area contributed by atoms with E-state index in [1.807, 2.05) is 0 Å². The lowest BCUT2D eigenvalue weighted by atomic mass is 10.1. The molecule has 0 saturated heterocycles. The van der Waals surface area contributed by atoms with Crippen LogP contribution >= 0.6 is 12.4 Å². The number of carbonyl (C=O) groups is 2. The number of rotatable bonds is 6. The quantitative estimate of drug-likeness (QED) is 0.514. The van der Waals surface area contributed by atoms with Gasteiger partial charge < -0.3 is 4.84 Å². The molecular weight excluding hydrogens is 444 g/mol. The molecule has 1 N–H and O–H groups in total. The molecule has 0 aromatic heterocycles. The summed E-state index contributed by atoms with van der Waals surface area (Å²) >= 11 is 0. The summed E-state index contributed by atoms with van der Waals surface area (Å²) < 4.78 is 18.1. The van der Waals surface area contributed by atoms with Crippen LogP contribution < -0.4 is 5.48 Å². The van der Waals surface area contributed by atoms with Gasteiger partial charge in [0, 0.05) is 21.1 Å². The zero-order chi connectivity index (χ0) is 22.3. The van der Waals surface area contributed by atoms with Gasteiger partial charge in [-0.1, -0.05) is 28.7 Å². The molecule has 0 fully saturated rings. The molecule has 1 aliphatic rings. The lowest BCUT2D eigenvalue weighted by Gasteiger charge is -2.19. The van der Waals surface area contributed by atoms with Gasteiger partial charge in [0.05, 0.1) is 36.8 Å². The first-order chi connectivity index (χ1) is 14.3. The SMILES string of the molecule is CN=S(=O)(c1ccc(CN2C(=O)c3ccccc3C2=O)cc1)N(C)OC.CNOC.Cl. The van der Waals surface area contributed by atoms with E-state index >= 15 is 0 Å². The van der Waals surface area contributed by atoms with Crippen LogP contribution in [-0.4, -0.2) is 60.8 Å². The number of halogens is 1. The third-order valence-electron chi connectivity index (χ3n) is 4.51. The summed E-state index contributed by atoms with van der Waals surface area (Å²) in [5.74, 6) is -0.609. The Bertz CT molecular complexity index is 985. The van der Waals surface area contributed by atoms with Crippen LogP contribution in [0.4, 0.5) is 0 Å². The third kappa shape index (κ3) is 5.67. The van der Waals surface area contributed by atoms with Crippen LogP contribution in [0.1, 0.15) is 26.3 Å².